The first kappa shape index (κ1) is 13.1. The molecule has 1 atom stereocenters. The third-order valence-corrected chi connectivity index (χ3v) is 3.99. The van der Waals surface area contributed by atoms with E-state index >= 15 is 0 Å². The number of rotatable bonds is 2. The Balaban J connectivity index is 2.02. The molecule has 2 aliphatic rings. The second-order valence-corrected chi connectivity index (χ2v) is 4.90. The normalized spacial score (nSPS) is 33.2. The molecule has 1 unspecified atom stereocenters. The van der Waals surface area contributed by atoms with Crippen molar-refractivity contribution in [2.24, 2.45) is 0 Å². The van der Waals surface area contributed by atoms with E-state index in [9.17, 15) is 13.2 Å². The van der Waals surface area contributed by atoms with Crippen LogP contribution in [0.3, 0.4) is 0 Å². The van der Waals surface area contributed by atoms with Gasteiger partial charge in [0.1, 0.15) is 0 Å². The van der Waals surface area contributed by atoms with Gasteiger partial charge in [-0.05, 0) is 32.4 Å². The number of hydrogen-bond acceptors (Lipinski definition) is 3. The predicted octanol–water partition coefficient (Wildman–Crippen LogP) is 1.39. The standard InChI is InChI=1S/C11H19F3N2O/c1-17-10(11(12,13)14)4-7-16(8-10)9-2-5-15-6-3-9/h9,15H,2-8H2,1H3. The number of piperidine rings is 1. The first-order valence-electron chi connectivity index (χ1n) is 6.05. The molecular weight excluding hydrogens is 233 g/mol. The molecule has 0 spiro atoms. The molecule has 0 bridgehead atoms. The Morgan fingerprint density at radius 1 is 1.29 bits per heavy atom. The Labute approximate surface area is 99.3 Å². The van der Waals surface area contributed by atoms with E-state index in [0.717, 1.165) is 25.9 Å². The molecule has 0 radical (unpaired) electrons. The molecule has 0 saturated carbocycles. The van der Waals surface area contributed by atoms with E-state index in [1.54, 1.807) is 0 Å². The van der Waals surface area contributed by atoms with E-state index in [1.165, 1.54) is 7.11 Å². The smallest absolute Gasteiger partial charge is 0.367 e. The van der Waals surface area contributed by atoms with Crippen molar-refractivity contribution in [3.05, 3.63) is 0 Å². The van der Waals surface area contributed by atoms with Gasteiger partial charge in [0.15, 0.2) is 5.60 Å². The highest BCUT2D eigenvalue weighted by Crippen LogP contribution is 2.41. The molecule has 0 aliphatic carbocycles. The summed E-state index contributed by atoms with van der Waals surface area (Å²) in [6, 6.07) is 0.274. The fraction of sp³-hybridized carbons (Fsp3) is 1.00. The van der Waals surface area contributed by atoms with Gasteiger partial charge in [-0.1, -0.05) is 0 Å². The maximum absolute atomic E-state index is 13.0. The molecule has 2 fully saturated rings. The van der Waals surface area contributed by atoms with Gasteiger partial charge in [0.25, 0.3) is 0 Å². The molecule has 100 valence electrons. The minimum absolute atomic E-state index is 0.0162. The number of hydrogen-bond donors (Lipinski definition) is 1. The summed E-state index contributed by atoms with van der Waals surface area (Å²) in [7, 11) is 1.17. The Kier molecular flexibility index (Phi) is 3.66. The summed E-state index contributed by atoms with van der Waals surface area (Å²) in [5.41, 5.74) is -1.95. The van der Waals surface area contributed by atoms with Crippen molar-refractivity contribution in [2.45, 2.75) is 37.1 Å². The van der Waals surface area contributed by atoms with Crippen LogP contribution in [0.2, 0.25) is 0 Å². The molecule has 1 N–H and O–H groups in total. The topological polar surface area (TPSA) is 24.5 Å². The number of nitrogens with one attached hydrogen (secondary N) is 1. The van der Waals surface area contributed by atoms with Crippen LogP contribution in [-0.2, 0) is 4.74 Å². The molecular formula is C11H19F3N2O. The summed E-state index contributed by atoms with van der Waals surface area (Å²) in [4.78, 5) is 1.94. The highest BCUT2D eigenvalue weighted by molar-refractivity contribution is 4.99. The number of alkyl halides is 3. The van der Waals surface area contributed by atoms with Gasteiger partial charge < -0.3 is 10.1 Å². The minimum Gasteiger partial charge on any atom is -0.367 e. The van der Waals surface area contributed by atoms with E-state index in [1.807, 2.05) is 4.90 Å². The lowest BCUT2D eigenvalue weighted by Crippen LogP contribution is -2.51. The summed E-state index contributed by atoms with van der Waals surface area (Å²) in [6.45, 7) is 2.26. The number of nitrogens with zero attached hydrogens (tertiary/aromatic N) is 1. The fourth-order valence-corrected chi connectivity index (χ4v) is 2.81. The van der Waals surface area contributed by atoms with E-state index in [0.29, 0.717) is 6.54 Å². The van der Waals surface area contributed by atoms with Crippen LogP contribution >= 0.6 is 0 Å². The molecule has 2 heterocycles. The zero-order valence-electron chi connectivity index (χ0n) is 10.0. The lowest BCUT2D eigenvalue weighted by Gasteiger charge is -2.34. The van der Waals surface area contributed by atoms with Crippen molar-refractivity contribution < 1.29 is 17.9 Å². The lowest BCUT2D eigenvalue weighted by atomic mass is 10.0. The molecule has 0 aromatic carbocycles. The molecule has 2 rings (SSSR count). The van der Waals surface area contributed by atoms with Crippen molar-refractivity contribution in [1.82, 2.24) is 10.2 Å². The zero-order chi connectivity index (χ0) is 12.5. The monoisotopic (exact) mass is 252 g/mol. The Morgan fingerprint density at radius 2 is 1.94 bits per heavy atom. The predicted molar refractivity (Wildman–Crippen MR) is 57.9 cm³/mol. The van der Waals surface area contributed by atoms with Gasteiger partial charge in [-0.15, -0.1) is 0 Å². The summed E-state index contributed by atoms with van der Waals surface area (Å²) < 4.78 is 43.8. The molecule has 2 aliphatic heterocycles. The number of methoxy groups -OCH3 is 1. The van der Waals surface area contributed by atoms with Gasteiger partial charge >= 0.3 is 6.18 Å². The molecule has 2 saturated heterocycles. The number of ether oxygens (including phenoxy) is 1. The number of halogens is 3. The van der Waals surface area contributed by atoms with Crippen LogP contribution in [0.15, 0.2) is 0 Å². The quantitative estimate of drug-likeness (QED) is 0.804. The summed E-state index contributed by atoms with van der Waals surface area (Å²) in [5, 5.41) is 3.22. The van der Waals surface area contributed by atoms with Crippen molar-refractivity contribution in [2.75, 3.05) is 33.3 Å². The van der Waals surface area contributed by atoms with Crippen LogP contribution in [0.4, 0.5) is 13.2 Å². The Morgan fingerprint density at radius 3 is 2.41 bits per heavy atom. The first-order chi connectivity index (χ1) is 7.98. The highest BCUT2D eigenvalue weighted by atomic mass is 19.4. The third kappa shape index (κ3) is 2.44. The molecule has 0 aromatic heterocycles. The van der Waals surface area contributed by atoms with Crippen LogP contribution in [0.1, 0.15) is 19.3 Å². The molecule has 17 heavy (non-hydrogen) atoms. The van der Waals surface area contributed by atoms with E-state index in [4.69, 9.17) is 4.74 Å². The van der Waals surface area contributed by atoms with E-state index in [2.05, 4.69) is 5.32 Å². The SMILES string of the molecule is COC1(C(F)(F)F)CCN(C2CCNCC2)C1. The first-order valence-corrected chi connectivity index (χ1v) is 6.05. The summed E-state index contributed by atoms with van der Waals surface area (Å²) in [5.74, 6) is 0. The summed E-state index contributed by atoms with van der Waals surface area (Å²) >= 11 is 0. The van der Waals surface area contributed by atoms with Gasteiger partial charge in [-0.2, -0.15) is 13.2 Å². The maximum atomic E-state index is 13.0. The largest absolute Gasteiger partial charge is 0.418 e. The average molecular weight is 252 g/mol. The maximum Gasteiger partial charge on any atom is 0.418 e. The lowest BCUT2D eigenvalue weighted by molar-refractivity contribution is -0.264. The molecule has 3 nitrogen and oxygen atoms in total. The second-order valence-electron chi connectivity index (χ2n) is 4.90. The third-order valence-electron chi connectivity index (χ3n) is 3.99. The van der Waals surface area contributed by atoms with Gasteiger partial charge in [-0.25, -0.2) is 0 Å². The van der Waals surface area contributed by atoms with Crippen molar-refractivity contribution >= 4 is 0 Å². The van der Waals surface area contributed by atoms with Crippen LogP contribution < -0.4 is 5.32 Å². The Hall–Kier alpha value is -0.330. The van der Waals surface area contributed by atoms with Gasteiger partial charge in [0.2, 0.25) is 0 Å². The van der Waals surface area contributed by atoms with E-state index in [-0.39, 0.29) is 19.0 Å². The average Bonchev–Trinajstić information content (AvgIpc) is 2.75. The van der Waals surface area contributed by atoms with Crippen molar-refractivity contribution in [3.8, 4) is 0 Å². The van der Waals surface area contributed by atoms with Crippen molar-refractivity contribution in [1.29, 1.82) is 0 Å². The van der Waals surface area contributed by atoms with Gasteiger partial charge in [-0.3, -0.25) is 4.90 Å². The van der Waals surface area contributed by atoms with Gasteiger partial charge in [0, 0.05) is 26.2 Å². The van der Waals surface area contributed by atoms with Crippen LogP contribution in [0.5, 0.6) is 0 Å². The fourth-order valence-electron chi connectivity index (χ4n) is 2.81. The van der Waals surface area contributed by atoms with Crippen LogP contribution in [0.25, 0.3) is 0 Å². The molecule has 0 amide bonds. The van der Waals surface area contributed by atoms with Crippen LogP contribution in [0, 0.1) is 0 Å². The minimum atomic E-state index is -4.27. The van der Waals surface area contributed by atoms with E-state index < -0.39 is 11.8 Å². The summed E-state index contributed by atoms with van der Waals surface area (Å²) in [6.07, 6.45) is -2.37. The molecule has 6 heteroatoms. The number of likely N-dealkylation sites (tertiary alicyclic amines) is 1. The van der Waals surface area contributed by atoms with Crippen LogP contribution in [-0.4, -0.2) is 56.0 Å². The molecule has 0 aromatic rings. The Bertz CT molecular complexity index is 266. The highest BCUT2D eigenvalue weighted by Gasteiger charge is 2.59. The zero-order valence-corrected chi connectivity index (χ0v) is 10.0. The second kappa shape index (κ2) is 4.74. The van der Waals surface area contributed by atoms with Gasteiger partial charge in [0.05, 0.1) is 0 Å². The van der Waals surface area contributed by atoms with Crippen molar-refractivity contribution in [3.63, 3.8) is 0 Å².